The summed E-state index contributed by atoms with van der Waals surface area (Å²) in [6.45, 7) is 2.20. The second-order valence-electron chi connectivity index (χ2n) is 5.92. The van der Waals surface area contributed by atoms with Crippen molar-refractivity contribution in [2.24, 2.45) is 0 Å². The van der Waals surface area contributed by atoms with Crippen molar-refractivity contribution in [3.05, 3.63) is 59.8 Å². The molecule has 9 nitrogen and oxygen atoms in total. The van der Waals surface area contributed by atoms with Gasteiger partial charge in [0.05, 0.1) is 13.5 Å². The van der Waals surface area contributed by atoms with Crippen LogP contribution in [0.4, 0.5) is 11.6 Å². The molecular weight excluding hydrogens is 360 g/mol. The third-order valence-electron chi connectivity index (χ3n) is 3.84. The molecule has 2 aromatic heterocycles. The summed E-state index contributed by atoms with van der Waals surface area (Å²) in [5, 5.41) is 3.14. The number of benzene rings is 1. The molecule has 0 saturated heterocycles. The zero-order valence-electron chi connectivity index (χ0n) is 15.5. The molecule has 3 aromatic rings. The minimum Gasteiger partial charge on any atom is -0.469 e. The summed E-state index contributed by atoms with van der Waals surface area (Å²) in [4.78, 5) is 27.8. The Balaban J connectivity index is 1.62. The Hall–Kier alpha value is -3.75. The van der Waals surface area contributed by atoms with Gasteiger partial charge in [0.2, 0.25) is 5.88 Å². The number of carbonyl (C=O) groups is 1. The van der Waals surface area contributed by atoms with Gasteiger partial charge in [0, 0.05) is 24.4 Å². The molecule has 3 N–H and O–H groups in total. The van der Waals surface area contributed by atoms with Gasteiger partial charge < -0.3 is 20.5 Å². The van der Waals surface area contributed by atoms with Crippen molar-refractivity contribution in [1.82, 2.24) is 19.9 Å². The molecule has 0 saturated carbocycles. The Morgan fingerprint density at radius 2 is 1.96 bits per heavy atom. The minimum atomic E-state index is -0.292. The maximum absolute atomic E-state index is 11.3. The van der Waals surface area contributed by atoms with Crippen molar-refractivity contribution in [2.75, 3.05) is 18.2 Å². The molecule has 144 valence electrons. The molecule has 2 heterocycles. The van der Waals surface area contributed by atoms with Crippen LogP contribution in [0, 0.1) is 6.92 Å². The first-order valence-corrected chi connectivity index (χ1v) is 8.51. The van der Waals surface area contributed by atoms with Crippen molar-refractivity contribution in [2.45, 2.75) is 19.9 Å². The summed E-state index contributed by atoms with van der Waals surface area (Å²) >= 11 is 0. The van der Waals surface area contributed by atoms with Gasteiger partial charge >= 0.3 is 5.97 Å². The van der Waals surface area contributed by atoms with E-state index in [1.807, 2.05) is 0 Å². The van der Waals surface area contributed by atoms with E-state index in [-0.39, 0.29) is 12.4 Å². The highest BCUT2D eigenvalue weighted by Gasteiger charge is 2.06. The number of esters is 1. The molecule has 0 aliphatic carbocycles. The Morgan fingerprint density at radius 3 is 2.68 bits per heavy atom. The molecule has 0 atom stereocenters. The molecule has 0 spiro atoms. The highest BCUT2D eigenvalue weighted by molar-refractivity contribution is 5.72. The summed E-state index contributed by atoms with van der Waals surface area (Å²) in [6.07, 6.45) is 3.29. The number of nitrogens with two attached hydrogens (primary N) is 1. The number of rotatable bonds is 7. The maximum atomic E-state index is 11.3. The summed E-state index contributed by atoms with van der Waals surface area (Å²) in [6, 6.07) is 8.79. The third kappa shape index (κ3) is 5.13. The van der Waals surface area contributed by atoms with E-state index in [2.05, 4.69) is 30.0 Å². The Kier molecular flexibility index (Phi) is 5.95. The SMILES string of the molecule is COC(=O)Cc1ccc(Oc2cc(NCc3cnc(C)nc3N)ncn2)cc1. The Bertz CT molecular complexity index is 962. The van der Waals surface area contributed by atoms with Crippen LogP contribution in [-0.4, -0.2) is 33.0 Å². The van der Waals surface area contributed by atoms with Crippen LogP contribution in [0.2, 0.25) is 0 Å². The number of hydrogen-bond acceptors (Lipinski definition) is 9. The Morgan fingerprint density at radius 1 is 1.18 bits per heavy atom. The molecule has 0 radical (unpaired) electrons. The molecule has 0 amide bonds. The van der Waals surface area contributed by atoms with Gasteiger partial charge in [0.15, 0.2) is 0 Å². The molecule has 9 heteroatoms. The van der Waals surface area contributed by atoms with Gasteiger partial charge in [-0.3, -0.25) is 4.79 Å². The Labute approximate surface area is 162 Å². The van der Waals surface area contributed by atoms with Crippen LogP contribution < -0.4 is 15.8 Å². The van der Waals surface area contributed by atoms with E-state index in [9.17, 15) is 4.79 Å². The molecule has 0 fully saturated rings. The van der Waals surface area contributed by atoms with E-state index in [1.54, 1.807) is 43.5 Å². The van der Waals surface area contributed by atoms with Gasteiger partial charge in [0.25, 0.3) is 0 Å². The molecular formula is C19H20N6O3. The number of nitrogens with one attached hydrogen (secondary N) is 1. The summed E-state index contributed by atoms with van der Waals surface area (Å²) in [7, 11) is 1.36. The number of nitrogens with zero attached hydrogens (tertiary/aromatic N) is 4. The normalized spacial score (nSPS) is 10.4. The second-order valence-corrected chi connectivity index (χ2v) is 5.92. The number of anilines is 2. The number of nitrogen functional groups attached to an aromatic ring is 1. The largest absolute Gasteiger partial charge is 0.469 e. The van der Waals surface area contributed by atoms with E-state index in [0.29, 0.717) is 35.6 Å². The first-order valence-electron chi connectivity index (χ1n) is 8.51. The van der Waals surface area contributed by atoms with Crippen LogP contribution in [0.25, 0.3) is 0 Å². The minimum absolute atomic E-state index is 0.213. The van der Waals surface area contributed by atoms with Crippen molar-refractivity contribution >= 4 is 17.6 Å². The second kappa shape index (κ2) is 8.76. The van der Waals surface area contributed by atoms with Crippen LogP contribution >= 0.6 is 0 Å². The lowest BCUT2D eigenvalue weighted by atomic mass is 10.1. The smallest absolute Gasteiger partial charge is 0.309 e. The standard InChI is InChI=1S/C19H20N6O3/c1-12-21-9-14(19(20)25-12)10-22-16-8-17(24-11-23-16)28-15-5-3-13(4-6-15)7-18(26)27-2/h3-6,8-9,11H,7,10H2,1-2H3,(H2,20,21,25)(H,22,23,24). The van der Waals surface area contributed by atoms with E-state index in [4.69, 9.17) is 10.5 Å². The van der Waals surface area contributed by atoms with Gasteiger partial charge in [-0.1, -0.05) is 12.1 Å². The van der Waals surface area contributed by atoms with E-state index in [1.165, 1.54) is 13.4 Å². The number of hydrogen-bond donors (Lipinski definition) is 2. The van der Waals surface area contributed by atoms with Crippen LogP contribution in [-0.2, 0) is 22.5 Å². The van der Waals surface area contributed by atoms with Crippen molar-refractivity contribution in [3.63, 3.8) is 0 Å². The molecule has 0 aliphatic rings. The monoisotopic (exact) mass is 380 g/mol. The van der Waals surface area contributed by atoms with Crippen LogP contribution in [0.5, 0.6) is 11.6 Å². The van der Waals surface area contributed by atoms with Gasteiger partial charge in [-0.2, -0.15) is 0 Å². The molecule has 28 heavy (non-hydrogen) atoms. The summed E-state index contributed by atoms with van der Waals surface area (Å²) < 4.78 is 10.4. The first kappa shape index (κ1) is 19.0. The molecule has 1 aromatic carbocycles. The highest BCUT2D eigenvalue weighted by atomic mass is 16.5. The zero-order chi connectivity index (χ0) is 19.9. The number of methoxy groups -OCH3 is 1. The topological polar surface area (TPSA) is 125 Å². The predicted octanol–water partition coefficient (Wildman–Crippen LogP) is 2.28. The van der Waals surface area contributed by atoms with Crippen molar-refractivity contribution in [1.29, 1.82) is 0 Å². The number of aryl methyl sites for hydroxylation is 1. The van der Waals surface area contributed by atoms with Crippen LogP contribution in [0.3, 0.4) is 0 Å². The van der Waals surface area contributed by atoms with Crippen molar-refractivity contribution in [3.8, 4) is 11.6 Å². The number of ether oxygens (including phenoxy) is 2. The molecule has 3 rings (SSSR count). The van der Waals surface area contributed by atoms with Gasteiger partial charge in [-0.05, 0) is 24.6 Å². The lowest BCUT2D eigenvalue weighted by molar-refractivity contribution is -0.139. The van der Waals surface area contributed by atoms with E-state index in [0.717, 1.165) is 11.1 Å². The summed E-state index contributed by atoms with van der Waals surface area (Å²) in [5.74, 6) is 2.31. The highest BCUT2D eigenvalue weighted by Crippen LogP contribution is 2.22. The van der Waals surface area contributed by atoms with Gasteiger partial charge in [-0.25, -0.2) is 19.9 Å². The van der Waals surface area contributed by atoms with E-state index < -0.39 is 0 Å². The van der Waals surface area contributed by atoms with Gasteiger partial charge in [0.1, 0.15) is 29.5 Å². The fraction of sp³-hybridized carbons (Fsp3) is 0.211. The molecule has 0 aliphatic heterocycles. The maximum Gasteiger partial charge on any atom is 0.309 e. The van der Waals surface area contributed by atoms with Crippen LogP contribution in [0.15, 0.2) is 42.9 Å². The van der Waals surface area contributed by atoms with Crippen LogP contribution in [0.1, 0.15) is 17.0 Å². The van der Waals surface area contributed by atoms with Crippen molar-refractivity contribution < 1.29 is 14.3 Å². The lowest BCUT2D eigenvalue weighted by Crippen LogP contribution is -2.07. The fourth-order valence-electron chi connectivity index (χ4n) is 2.36. The number of carbonyl (C=O) groups excluding carboxylic acids is 1. The average Bonchev–Trinajstić information content (AvgIpc) is 2.69. The summed E-state index contributed by atoms with van der Waals surface area (Å²) in [5.41, 5.74) is 7.50. The third-order valence-corrected chi connectivity index (χ3v) is 3.84. The fourth-order valence-corrected chi connectivity index (χ4v) is 2.36. The molecule has 0 unspecified atom stereocenters. The predicted molar refractivity (Wildman–Crippen MR) is 103 cm³/mol. The first-order chi connectivity index (χ1) is 13.5. The zero-order valence-corrected chi connectivity index (χ0v) is 15.5. The van der Waals surface area contributed by atoms with E-state index >= 15 is 0 Å². The lowest BCUT2D eigenvalue weighted by Gasteiger charge is -2.09. The number of aromatic nitrogens is 4. The molecule has 0 bridgehead atoms. The van der Waals surface area contributed by atoms with Gasteiger partial charge in [-0.15, -0.1) is 0 Å². The quantitative estimate of drug-likeness (QED) is 0.594. The average molecular weight is 380 g/mol.